The Morgan fingerprint density at radius 3 is 2.81 bits per heavy atom. The van der Waals surface area contributed by atoms with Crippen LogP contribution in [-0.4, -0.2) is 20.2 Å². The second kappa shape index (κ2) is 5.49. The zero-order chi connectivity index (χ0) is 14.8. The number of nitrogens with zero attached hydrogens (tertiary/aromatic N) is 4. The summed E-state index contributed by atoms with van der Waals surface area (Å²) in [4.78, 5) is 0. The average Bonchev–Trinajstić information content (AvgIpc) is 2.90. The van der Waals surface area contributed by atoms with Gasteiger partial charge in [-0.3, -0.25) is 0 Å². The smallest absolute Gasteiger partial charge is 0.183 e. The maximum atomic E-state index is 13.2. The molecule has 2 N–H and O–H groups in total. The van der Waals surface area contributed by atoms with Gasteiger partial charge in [-0.2, -0.15) is 0 Å². The van der Waals surface area contributed by atoms with Crippen molar-refractivity contribution in [3.63, 3.8) is 0 Å². The second-order valence-electron chi connectivity index (χ2n) is 4.50. The monoisotopic (exact) mass is 303 g/mol. The Morgan fingerprint density at radius 2 is 2.00 bits per heavy atom. The molecule has 5 nitrogen and oxygen atoms in total. The van der Waals surface area contributed by atoms with Crippen LogP contribution in [0.2, 0.25) is 5.02 Å². The van der Waals surface area contributed by atoms with Crippen LogP contribution >= 0.6 is 11.6 Å². The third-order valence-electron chi connectivity index (χ3n) is 3.02. The molecule has 0 radical (unpaired) electrons. The maximum absolute atomic E-state index is 13.2. The molecule has 0 saturated carbocycles. The summed E-state index contributed by atoms with van der Waals surface area (Å²) in [7, 11) is 0. The summed E-state index contributed by atoms with van der Waals surface area (Å²) in [5, 5.41) is 12.0. The van der Waals surface area contributed by atoms with Crippen molar-refractivity contribution in [1.82, 2.24) is 20.2 Å². The van der Waals surface area contributed by atoms with E-state index in [2.05, 4.69) is 15.5 Å². The van der Waals surface area contributed by atoms with Crippen molar-refractivity contribution in [3.8, 4) is 11.4 Å². The third-order valence-corrected chi connectivity index (χ3v) is 3.44. The summed E-state index contributed by atoms with van der Waals surface area (Å²) in [6, 6.07) is 11.5. The van der Waals surface area contributed by atoms with Gasteiger partial charge in [0.1, 0.15) is 5.82 Å². The molecule has 0 fully saturated rings. The molecule has 0 bridgehead atoms. The van der Waals surface area contributed by atoms with Crippen LogP contribution in [0.25, 0.3) is 11.4 Å². The van der Waals surface area contributed by atoms with Crippen LogP contribution in [0.15, 0.2) is 42.5 Å². The number of benzene rings is 2. The summed E-state index contributed by atoms with van der Waals surface area (Å²) in [6.07, 6.45) is 0. The van der Waals surface area contributed by atoms with Crippen molar-refractivity contribution in [2.45, 2.75) is 6.54 Å². The molecule has 1 heterocycles. The predicted octanol–water partition coefficient (Wildman–Crippen LogP) is 2.76. The van der Waals surface area contributed by atoms with Gasteiger partial charge in [0, 0.05) is 5.56 Å². The molecular formula is C14H11ClFN5. The molecule has 0 saturated heterocycles. The Kier molecular flexibility index (Phi) is 3.53. The zero-order valence-electron chi connectivity index (χ0n) is 10.9. The molecule has 1 aromatic heterocycles. The van der Waals surface area contributed by atoms with Crippen molar-refractivity contribution >= 4 is 17.3 Å². The van der Waals surface area contributed by atoms with Crippen molar-refractivity contribution in [2.75, 3.05) is 5.73 Å². The number of hydrogen-bond acceptors (Lipinski definition) is 4. The van der Waals surface area contributed by atoms with Gasteiger partial charge in [0.2, 0.25) is 0 Å². The van der Waals surface area contributed by atoms with E-state index in [1.807, 2.05) is 0 Å². The summed E-state index contributed by atoms with van der Waals surface area (Å²) in [6.45, 7) is 0.339. The van der Waals surface area contributed by atoms with E-state index in [4.69, 9.17) is 17.3 Å². The number of anilines is 1. The number of nitrogen functional groups attached to an aromatic ring is 1. The fourth-order valence-electron chi connectivity index (χ4n) is 2.03. The Morgan fingerprint density at radius 1 is 1.19 bits per heavy atom. The van der Waals surface area contributed by atoms with E-state index in [0.29, 0.717) is 28.6 Å². The van der Waals surface area contributed by atoms with Gasteiger partial charge >= 0.3 is 0 Å². The topological polar surface area (TPSA) is 69.6 Å². The number of halogens is 2. The number of nitrogens with two attached hydrogens (primary N) is 1. The van der Waals surface area contributed by atoms with Gasteiger partial charge in [0.05, 0.1) is 17.3 Å². The normalized spacial score (nSPS) is 10.8. The maximum Gasteiger partial charge on any atom is 0.183 e. The quantitative estimate of drug-likeness (QED) is 0.755. The van der Waals surface area contributed by atoms with Crippen LogP contribution in [0, 0.1) is 5.82 Å². The largest absolute Gasteiger partial charge is 0.398 e. The third kappa shape index (κ3) is 2.71. The van der Waals surface area contributed by atoms with Crippen LogP contribution in [0.5, 0.6) is 0 Å². The van der Waals surface area contributed by atoms with Crippen LogP contribution in [-0.2, 0) is 6.54 Å². The molecule has 0 amide bonds. The van der Waals surface area contributed by atoms with Gasteiger partial charge in [-0.25, -0.2) is 9.07 Å². The lowest BCUT2D eigenvalue weighted by molar-refractivity contribution is 0.615. The molecule has 0 spiro atoms. The van der Waals surface area contributed by atoms with Crippen LogP contribution < -0.4 is 5.73 Å². The molecule has 0 unspecified atom stereocenters. The summed E-state index contributed by atoms with van der Waals surface area (Å²) < 4.78 is 14.8. The van der Waals surface area contributed by atoms with Gasteiger partial charge < -0.3 is 5.73 Å². The summed E-state index contributed by atoms with van der Waals surface area (Å²) in [5.41, 5.74) is 7.63. The summed E-state index contributed by atoms with van der Waals surface area (Å²) >= 11 is 6.19. The number of rotatable bonds is 3. The van der Waals surface area contributed by atoms with E-state index in [0.717, 1.165) is 5.56 Å². The lowest BCUT2D eigenvalue weighted by atomic mass is 10.1. The first kappa shape index (κ1) is 13.5. The number of tetrazole rings is 1. The molecule has 21 heavy (non-hydrogen) atoms. The lowest BCUT2D eigenvalue weighted by Crippen LogP contribution is -2.05. The minimum Gasteiger partial charge on any atom is -0.398 e. The molecule has 0 aliphatic carbocycles. The Hall–Kier alpha value is -2.47. The second-order valence-corrected chi connectivity index (χ2v) is 4.88. The summed E-state index contributed by atoms with van der Waals surface area (Å²) in [5.74, 6) is 0.181. The van der Waals surface area contributed by atoms with Gasteiger partial charge in [-0.05, 0) is 40.3 Å². The van der Waals surface area contributed by atoms with Gasteiger partial charge in [-0.1, -0.05) is 29.8 Å². The van der Waals surface area contributed by atoms with E-state index in [9.17, 15) is 4.39 Å². The first-order chi connectivity index (χ1) is 10.1. The standard InChI is InChI=1S/C14H11ClFN5/c15-13-11(5-2-6-12(13)17)14-18-19-20-21(14)8-9-3-1-4-10(16)7-9/h1-7H,8,17H2. The Balaban J connectivity index is 2.00. The van der Waals surface area contributed by atoms with Crippen LogP contribution in [0.3, 0.4) is 0 Å². The SMILES string of the molecule is Nc1cccc(-c2nnnn2Cc2cccc(F)c2)c1Cl. The minimum atomic E-state index is -0.302. The van der Waals surface area contributed by atoms with Crippen molar-refractivity contribution < 1.29 is 4.39 Å². The highest BCUT2D eigenvalue weighted by molar-refractivity contribution is 6.35. The molecular weight excluding hydrogens is 293 g/mol. The molecule has 3 aromatic rings. The highest BCUT2D eigenvalue weighted by atomic mass is 35.5. The fourth-order valence-corrected chi connectivity index (χ4v) is 2.25. The molecule has 2 aromatic carbocycles. The Labute approximate surface area is 125 Å². The van der Waals surface area contributed by atoms with Gasteiger partial charge in [-0.15, -0.1) is 5.10 Å². The van der Waals surface area contributed by atoms with Gasteiger partial charge in [0.25, 0.3) is 0 Å². The fraction of sp³-hybridized carbons (Fsp3) is 0.0714. The van der Waals surface area contributed by atoms with E-state index < -0.39 is 0 Å². The first-order valence-electron chi connectivity index (χ1n) is 6.20. The van der Waals surface area contributed by atoms with Gasteiger partial charge in [0.15, 0.2) is 5.82 Å². The minimum absolute atomic E-state index is 0.302. The van der Waals surface area contributed by atoms with Crippen molar-refractivity contribution in [3.05, 3.63) is 58.9 Å². The molecule has 0 aliphatic rings. The van der Waals surface area contributed by atoms with E-state index >= 15 is 0 Å². The van der Waals surface area contributed by atoms with Crippen molar-refractivity contribution in [1.29, 1.82) is 0 Å². The highest BCUT2D eigenvalue weighted by Gasteiger charge is 2.14. The molecule has 0 atom stereocenters. The molecule has 106 valence electrons. The zero-order valence-corrected chi connectivity index (χ0v) is 11.6. The van der Waals surface area contributed by atoms with E-state index in [-0.39, 0.29) is 5.82 Å². The highest BCUT2D eigenvalue weighted by Crippen LogP contribution is 2.30. The predicted molar refractivity (Wildman–Crippen MR) is 78.2 cm³/mol. The van der Waals surface area contributed by atoms with Crippen LogP contribution in [0.4, 0.5) is 10.1 Å². The molecule has 0 aliphatic heterocycles. The number of hydrogen-bond donors (Lipinski definition) is 1. The molecule has 7 heteroatoms. The Bertz CT molecular complexity index is 787. The number of aromatic nitrogens is 4. The molecule has 3 rings (SSSR count). The lowest BCUT2D eigenvalue weighted by Gasteiger charge is -2.07. The average molecular weight is 304 g/mol. The van der Waals surface area contributed by atoms with E-state index in [1.54, 1.807) is 35.0 Å². The van der Waals surface area contributed by atoms with Crippen molar-refractivity contribution in [2.24, 2.45) is 0 Å². The van der Waals surface area contributed by atoms with Crippen LogP contribution in [0.1, 0.15) is 5.56 Å². The first-order valence-corrected chi connectivity index (χ1v) is 6.58. The van der Waals surface area contributed by atoms with E-state index in [1.165, 1.54) is 12.1 Å².